The summed E-state index contributed by atoms with van der Waals surface area (Å²) in [6.45, 7) is 3.19. The third-order valence-corrected chi connectivity index (χ3v) is 1.51. The molecule has 1 heterocycles. The summed E-state index contributed by atoms with van der Waals surface area (Å²) in [5.74, 6) is 0. The summed E-state index contributed by atoms with van der Waals surface area (Å²) in [5.41, 5.74) is 0. The maximum atomic E-state index is 8.36. The number of morpholine rings is 1. The van der Waals surface area contributed by atoms with Gasteiger partial charge in [0.05, 0.1) is 19.9 Å². The second-order valence-corrected chi connectivity index (χ2v) is 2.35. The first-order valence-electron chi connectivity index (χ1n) is 3.57. The molecule has 0 amide bonds. The normalized spacial score (nSPS) is 18.5. The van der Waals surface area contributed by atoms with E-state index >= 15 is 0 Å². The summed E-state index contributed by atoms with van der Waals surface area (Å²) in [6, 6.07) is 0. The first-order valence-corrected chi connectivity index (χ1v) is 3.57. The Kier molecular flexibility index (Phi) is 8.85. The quantitative estimate of drug-likeness (QED) is 0.499. The molecule has 0 aromatic carbocycles. The Morgan fingerprint density at radius 3 is 2.42 bits per heavy atom. The van der Waals surface area contributed by atoms with Crippen LogP contribution in [0.15, 0.2) is 0 Å². The van der Waals surface area contributed by atoms with Crippen molar-refractivity contribution >= 4 is 58.7 Å². The van der Waals surface area contributed by atoms with E-state index in [0.717, 1.165) is 13.1 Å². The van der Waals surface area contributed by atoms with E-state index in [0.29, 0.717) is 13.2 Å². The molecule has 0 radical (unpaired) electrons. The van der Waals surface area contributed by atoms with Gasteiger partial charge in [0.2, 0.25) is 0 Å². The Hall–Kier alpha value is 1.50. The van der Waals surface area contributed by atoms with E-state index in [1.165, 1.54) is 0 Å². The summed E-state index contributed by atoms with van der Waals surface area (Å²) in [6.07, 6.45) is 0. The number of hydrogen-bond acceptors (Lipinski definition) is 5. The second-order valence-electron chi connectivity index (χ2n) is 2.35. The molecule has 0 aliphatic carbocycles. The number of ether oxygens (including phenoxy) is 1. The van der Waals surface area contributed by atoms with Crippen LogP contribution in [0, 0.1) is 0 Å². The van der Waals surface area contributed by atoms with Crippen LogP contribution >= 0.6 is 0 Å². The van der Waals surface area contributed by atoms with Crippen LogP contribution in [-0.4, -0.2) is 107 Å². The molecule has 0 unspecified atom stereocenters. The summed E-state index contributed by atoms with van der Waals surface area (Å²) in [4.78, 5) is 1.95. The van der Waals surface area contributed by atoms with Crippen molar-refractivity contribution in [3.8, 4) is 0 Å². The van der Waals surface area contributed by atoms with Crippen molar-refractivity contribution in [2.24, 2.45) is 0 Å². The Balaban J connectivity index is 0.00000121. The van der Waals surface area contributed by atoms with Crippen molar-refractivity contribution < 1.29 is 19.4 Å². The first kappa shape index (κ1) is 13.5. The molecule has 1 aliphatic heterocycles. The van der Waals surface area contributed by atoms with Crippen LogP contribution in [0.5, 0.6) is 0 Å². The predicted octanol–water partition coefficient (Wildman–Crippen LogP) is -2.39. The molecule has 1 fully saturated rings. The molecule has 12 heavy (non-hydrogen) atoms. The van der Waals surface area contributed by atoms with Gasteiger partial charge < -0.3 is 19.4 Å². The molecule has 0 bridgehead atoms. The Morgan fingerprint density at radius 1 is 1.33 bits per heavy atom. The van der Waals surface area contributed by atoms with Crippen molar-refractivity contribution in [3.05, 3.63) is 0 Å². The SMILES string of the molecule is OB(O)OCN1CCOCC1.[KH]. The Labute approximate surface area is 115 Å². The van der Waals surface area contributed by atoms with Gasteiger partial charge in [-0.25, -0.2) is 0 Å². The van der Waals surface area contributed by atoms with E-state index in [4.69, 9.17) is 14.8 Å². The number of hydrogen-bond donors (Lipinski definition) is 2. The molecule has 0 saturated carbocycles. The maximum absolute atomic E-state index is 8.36. The van der Waals surface area contributed by atoms with Gasteiger partial charge >= 0.3 is 58.7 Å². The summed E-state index contributed by atoms with van der Waals surface area (Å²) >= 11 is 0. The molecule has 0 aromatic heterocycles. The van der Waals surface area contributed by atoms with E-state index < -0.39 is 7.32 Å². The van der Waals surface area contributed by atoms with Crippen LogP contribution < -0.4 is 0 Å². The van der Waals surface area contributed by atoms with Crippen LogP contribution in [0.3, 0.4) is 0 Å². The molecule has 1 saturated heterocycles. The summed E-state index contributed by atoms with van der Waals surface area (Å²) < 4.78 is 9.65. The van der Waals surface area contributed by atoms with Crippen molar-refractivity contribution in [3.63, 3.8) is 0 Å². The number of nitrogens with zero attached hydrogens (tertiary/aromatic N) is 1. The fourth-order valence-electron chi connectivity index (χ4n) is 0.902. The molecular formula is C5H13BKNO4. The fourth-order valence-corrected chi connectivity index (χ4v) is 0.902. The Bertz CT molecular complexity index is 112. The molecule has 7 heteroatoms. The van der Waals surface area contributed by atoms with Gasteiger partial charge in [0, 0.05) is 13.1 Å². The van der Waals surface area contributed by atoms with Crippen molar-refractivity contribution in [1.82, 2.24) is 4.90 Å². The van der Waals surface area contributed by atoms with Crippen LogP contribution in [0.25, 0.3) is 0 Å². The molecule has 2 N–H and O–H groups in total. The second kappa shape index (κ2) is 7.86. The van der Waals surface area contributed by atoms with Gasteiger partial charge in [0.15, 0.2) is 0 Å². The summed E-state index contributed by atoms with van der Waals surface area (Å²) in [5, 5.41) is 16.7. The molecule has 66 valence electrons. The van der Waals surface area contributed by atoms with E-state index in [9.17, 15) is 0 Å². The van der Waals surface area contributed by atoms with E-state index in [1.807, 2.05) is 4.90 Å². The number of rotatable bonds is 3. The molecule has 1 aliphatic rings. The van der Waals surface area contributed by atoms with E-state index in [2.05, 4.69) is 4.65 Å². The standard InChI is InChI=1S/C5H12BNO4.K.H/c8-6(9)11-5-7-1-3-10-4-2-7;;/h8-9H,1-5H2;;. The van der Waals surface area contributed by atoms with Crippen LogP contribution in [0.2, 0.25) is 0 Å². The average molecular weight is 201 g/mol. The zero-order valence-corrected chi connectivity index (χ0v) is 6.27. The third-order valence-electron chi connectivity index (χ3n) is 1.51. The predicted molar refractivity (Wildman–Crippen MR) is 45.7 cm³/mol. The zero-order valence-electron chi connectivity index (χ0n) is 6.27. The monoisotopic (exact) mass is 201 g/mol. The fraction of sp³-hybridized carbons (Fsp3) is 1.00. The molecule has 0 atom stereocenters. The van der Waals surface area contributed by atoms with Crippen LogP contribution in [0.1, 0.15) is 0 Å². The average Bonchev–Trinajstić information content (AvgIpc) is 2.03. The van der Waals surface area contributed by atoms with Gasteiger partial charge in [0.1, 0.15) is 0 Å². The van der Waals surface area contributed by atoms with Crippen molar-refractivity contribution in [2.75, 3.05) is 33.0 Å². The van der Waals surface area contributed by atoms with Crippen LogP contribution in [-0.2, 0) is 9.39 Å². The van der Waals surface area contributed by atoms with Gasteiger partial charge in [-0.15, -0.1) is 0 Å². The molecule has 0 spiro atoms. The minimum absolute atomic E-state index is 0. The first-order chi connectivity index (χ1) is 5.29. The topological polar surface area (TPSA) is 62.2 Å². The molecular weight excluding hydrogens is 188 g/mol. The van der Waals surface area contributed by atoms with Gasteiger partial charge in [-0.05, 0) is 0 Å². The van der Waals surface area contributed by atoms with Gasteiger partial charge in [-0.2, -0.15) is 0 Å². The van der Waals surface area contributed by atoms with E-state index in [1.54, 1.807) is 0 Å². The van der Waals surface area contributed by atoms with Gasteiger partial charge in [0.25, 0.3) is 0 Å². The van der Waals surface area contributed by atoms with Crippen molar-refractivity contribution in [1.29, 1.82) is 0 Å². The zero-order chi connectivity index (χ0) is 8.10. The van der Waals surface area contributed by atoms with Crippen LogP contribution in [0.4, 0.5) is 0 Å². The third kappa shape index (κ3) is 6.03. The summed E-state index contributed by atoms with van der Waals surface area (Å²) in [7, 11) is -1.67. The van der Waals surface area contributed by atoms with Gasteiger partial charge in [-0.1, -0.05) is 0 Å². The molecule has 1 rings (SSSR count). The van der Waals surface area contributed by atoms with E-state index in [-0.39, 0.29) is 58.1 Å². The molecule has 0 aromatic rings. The van der Waals surface area contributed by atoms with Gasteiger partial charge in [-0.3, -0.25) is 4.90 Å². The molecule has 5 nitrogen and oxygen atoms in total. The Morgan fingerprint density at radius 2 is 1.92 bits per heavy atom. The minimum atomic E-state index is -1.67. The van der Waals surface area contributed by atoms with Crippen molar-refractivity contribution in [2.45, 2.75) is 0 Å².